The highest BCUT2D eigenvalue weighted by Gasteiger charge is 2.27. The molecule has 0 spiro atoms. The zero-order chi connectivity index (χ0) is 16.0. The number of carbonyl (C=O) groups is 1. The molecule has 1 saturated carbocycles. The fraction of sp³-hybridized carbons (Fsp3) is 0.526. The number of hydrogen-bond donors (Lipinski definition) is 0. The Morgan fingerprint density at radius 2 is 1.91 bits per heavy atom. The highest BCUT2D eigenvalue weighted by Crippen LogP contribution is 2.38. The van der Waals surface area contributed by atoms with Crippen molar-refractivity contribution in [2.75, 3.05) is 20.1 Å². The molecule has 4 heteroatoms. The van der Waals surface area contributed by atoms with E-state index in [1.165, 1.54) is 12.8 Å². The molecule has 2 heterocycles. The molecule has 1 aliphatic carbocycles. The number of rotatable bonds is 4. The lowest BCUT2D eigenvalue weighted by Gasteiger charge is -2.30. The Hall–Kier alpha value is -1.68. The third-order valence-corrected chi connectivity index (χ3v) is 5.44. The molecule has 23 heavy (non-hydrogen) atoms. The molecular weight excluding hydrogens is 291 g/mol. The Morgan fingerprint density at radius 1 is 1.17 bits per heavy atom. The maximum atomic E-state index is 14.1. The van der Waals surface area contributed by atoms with Crippen molar-refractivity contribution < 1.29 is 9.18 Å². The van der Waals surface area contributed by atoms with Crippen LogP contribution in [0.2, 0.25) is 0 Å². The quantitative estimate of drug-likeness (QED) is 0.802. The number of aldehydes is 1. The number of fused-ring (bicyclic) bond motifs is 1. The minimum atomic E-state index is -0.188. The molecule has 0 N–H and O–H groups in total. The SMILES string of the molecule is CN1CCC(c2cc(F)cc3cc(C=O)n(CC4CC4)c23)CC1. The minimum absolute atomic E-state index is 0.188. The van der Waals surface area contributed by atoms with Crippen LogP contribution in [0.5, 0.6) is 0 Å². The van der Waals surface area contributed by atoms with Crippen LogP contribution in [0.4, 0.5) is 4.39 Å². The van der Waals surface area contributed by atoms with Gasteiger partial charge >= 0.3 is 0 Å². The highest BCUT2D eigenvalue weighted by molar-refractivity contribution is 5.91. The number of likely N-dealkylation sites (tertiary alicyclic amines) is 1. The molecule has 0 amide bonds. The molecule has 2 aromatic rings. The van der Waals surface area contributed by atoms with E-state index < -0.39 is 0 Å². The van der Waals surface area contributed by atoms with Crippen LogP contribution < -0.4 is 0 Å². The number of halogens is 1. The van der Waals surface area contributed by atoms with Crippen LogP contribution in [0.1, 0.15) is 47.7 Å². The summed E-state index contributed by atoms with van der Waals surface area (Å²) in [5, 5.41) is 0.877. The van der Waals surface area contributed by atoms with Crippen molar-refractivity contribution in [2.24, 2.45) is 5.92 Å². The summed E-state index contributed by atoms with van der Waals surface area (Å²) in [4.78, 5) is 13.8. The zero-order valence-corrected chi connectivity index (χ0v) is 13.6. The molecular formula is C19H23FN2O. The summed E-state index contributed by atoms with van der Waals surface area (Å²) in [5.41, 5.74) is 2.88. The third-order valence-electron chi connectivity index (χ3n) is 5.44. The van der Waals surface area contributed by atoms with E-state index in [4.69, 9.17) is 0 Å². The molecule has 1 aromatic carbocycles. The van der Waals surface area contributed by atoms with Crippen molar-refractivity contribution >= 4 is 17.2 Å². The van der Waals surface area contributed by atoms with Gasteiger partial charge in [-0.1, -0.05) is 0 Å². The van der Waals surface area contributed by atoms with Gasteiger partial charge < -0.3 is 9.47 Å². The first-order valence-corrected chi connectivity index (χ1v) is 8.62. The van der Waals surface area contributed by atoms with Gasteiger partial charge in [0.2, 0.25) is 0 Å². The second-order valence-electron chi connectivity index (χ2n) is 7.25. The van der Waals surface area contributed by atoms with Crippen molar-refractivity contribution in [3.05, 3.63) is 35.3 Å². The van der Waals surface area contributed by atoms with Gasteiger partial charge in [-0.15, -0.1) is 0 Å². The lowest BCUT2D eigenvalue weighted by molar-refractivity contribution is 0.111. The lowest BCUT2D eigenvalue weighted by atomic mass is 9.88. The Morgan fingerprint density at radius 3 is 2.57 bits per heavy atom. The summed E-state index contributed by atoms with van der Waals surface area (Å²) in [6.07, 6.45) is 5.50. The first-order valence-electron chi connectivity index (χ1n) is 8.62. The fourth-order valence-electron chi connectivity index (χ4n) is 3.91. The predicted molar refractivity (Wildman–Crippen MR) is 89.5 cm³/mol. The molecule has 0 radical (unpaired) electrons. The number of carbonyl (C=O) groups excluding carboxylic acids is 1. The van der Waals surface area contributed by atoms with Crippen molar-refractivity contribution in [1.82, 2.24) is 9.47 Å². The van der Waals surface area contributed by atoms with Gasteiger partial charge in [-0.25, -0.2) is 4.39 Å². The van der Waals surface area contributed by atoms with Crippen LogP contribution in [-0.4, -0.2) is 35.9 Å². The molecule has 4 rings (SSSR count). The van der Waals surface area contributed by atoms with E-state index in [9.17, 15) is 9.18 Å². The van der Waals surface area contributed by atoms with Gasteiger partial charge in [-0.2, -0.15) is 0 Å². The molecule has 1 aliphatic heterocycles. The predicted octanol–water partition coefficient (Wildman–Crippen LogP) is 3.81. The number of hydrogen-bond acceptors (Lipinski definition) is 2. The molecule has 2 fully saturated rings. The molecule has 0 bridgehead atoms. The van der Waals surface area contributed by atoms with E-state index in [2.05, 4.69) is 16.5 Å². The first-order chi connectivity index (χ1) is 11.2. The molecule has 2 aliphatic rings. The highest BCUT2D eigenvalue weighted by atomic mass is 19.1. The smallest absolute Gasteiger partial charge is 0.166 e. The standard InChI is InChI=1S/C19H23FN2O/c1-21-6-4-14(5-7-21)18-10-16(20)8-15-9-17(12-23)22(19(15)18)11-13-2-3-13/h8-10,12-14H,2-7,11H2,1H3. The Bertz CT molecular complexity index is 739. The average molecular weight is 314 g/mol. The van der Waals surface area contributed by atoms with Gasteiger partial charge in [0.05, 0.1) is 11.2 Å². The number of piperidine rings is 1. The van der Waals surface area contributed by atoms with E-state index in [1.807, 2.05) is 6.07 Å². The van der Waals surface area contributed by atoms with Crippen LogP contribution >= 0.6 is 0 Å². The van der Waals surface area contributed by atoms with Crippen molar-refractivity contribution in [3.8, 4) is 0 Å². The maximum Gasteiger partial charge on any atom is 0.166 e. The van der Waals surface area contributed by atoms with Crippen LogP contribution in [0.3, 0.4) is 0 Å². The largest absolute Gasteiger partial charge is 0.338 e. The Balaban J connectivity index is 1.84. The number of benzene rings is 1. The third kappa shape index (κ3) is 2.80. The van der Waals surface area contributed by atoms with E-state index in [-0.39, 0.29) is 5.82 Å². The molecule has 1 saturated heterocycles. The molecule has 3 nitrogen and oxygen atoms in total. The maximum absolute atomic E-state index is 14.1. The summed E-state index contributed by atoms with van der Waals surface area (Å²) < 4.78 is 16.3. The van der Waals surface area contributed by atoms with Gasteiger partial charge in [0.25, 0.3) is 0 Å². The van der Waals surface area contributed by atoms with Crippen LogP contribution in [0, 0.1) is 11.7 Å². The van der Waals surface area contributed by atoms with Gasteiger partial charge in [-0.05, 0) is 81.4 Å². The van der Waals surface area contributed by atoms with E-state index >= 15 is 0 Å². The summed E-state index contributed by atoms with van der Waals surface area (Å²) in [6.45, 7) is 2.99. The van der Waals surface area contributed by atoms with E-state index in [0.29, 0.717) is 17.5 Å². The average Bonchev–Trinajstić information content (AvgIpc) is 3.28. The normalized spacial score (nSPS) is 20.3. The lowest BCUT2D eigenvalue weighted by Crippen LogP contribution is -2.29. The summed E-state index contributed by atoms with van der Waals surface area (Å²) in [6, 6.07) is 5.13. The molecule has 1 aromatic heterocycles. The summed E-state index contributed by atoms with van der Waals surface area (Å²) in [7, 11) is 2.14. The topological polar surface area (TPSA) is 25.2 Å². The first kappa shape index (κ1) is 14.9. The number of nitrogens with zero attached hydrogens (tertiary/aromatic N) is 2. The molecule has 0 atom stereocenters. The minimum Gasteiger partial charge on any atom is -0.338 e. The van der Waals surface area contributed by atoms with Crippen LogP contribution in [0.25, 0.3) is 10.9 Å². The number of aromatic nitrogens is 1. The summed E-state index contributed by atoms with van der Waals surface area (Å²) >= 11 is 0. The van der Waals surface area contributed by atoms with E-state index in [1.54, 1.807) is 12.1 Å². The van der Waals surface area contributed by atoms with Crippen molar-refractivity contribution in [2.45, 2.75) is 38.1 Å². The fourth-order valence-corrected chi connectivity index (χ4v) is 3.91. The second-order valence-corrected chi connectivity index (χ2v) is 7.25. The van der Waals surface area contributed by atoms with Gasteiger partial charge in [0, 0.05) is 11.9 Å². The van der Waals surface area contributed by atoms with Gasteiger partial charge in [0.15, 0.2) is 6.29 Å². The van der Waals surface area contributed by atoms with E-state index in [0.717, 1.165) is 55.2 Å². The Labute approximate surface area is 136 Å². The molecule has 0 unspecified atom stereocenters. The van der Waals surface area contributed by atoms with Crippen LogP contribution in [-0.2, 0) is 6.54 Å². The van der Waals surface area contributed by atoms with Crippen molar-refractivity contribution in [1.29, 1.82) is 0 Å². The molecule has 122 valence electrons. The van der Waals surface area contributed by atoms with Gasteiger partial charge in [0.1, 0.15) is 5.82 Å². The monoisotopic (exact) mass is 314 g/mol. The zero-order valence-electron chi connectivity index (χ0n) is 13.6. The summed E-state index contributed by atoms with van der Waals surface area (Å²) in [5.74, 6) is 0.879. The Kier molecular flexibility index (Phi) is 3.72. The van der Waals surface area contributed by atoms with Gasteiger partial charge in [-0.3, -0.25) is 4.79 Å². The second kappa shape index (κ2) is 5.75. The van der Waals surface area contributed by atoms with Crippen molar-refractivity contribution in [3.63, 3.8) is 0 Å². The van der Waals surface area contributed by atoms with Crippen LogP contribution in [0.15, 0.2) is 18.2 Å².